The number of benzene rings is 4. The normalized spacial score (nSPS) is 17.2. The number of nitrogens with one attached hydrogen (secondary N) is 4. The summed E-state index contributed by atoms with van der Waals surface area (Å²) in [4.78, 5) is 56.1. The Morgan fingerprint density at radius 3 is 1.37 bits per heavy atom. The molecule has 65 heavy (non-hydrogen) atoms. The fourth-order valence-corrected chi connectivity index (χ4v) is 8.99. The fourth-order valence-electron chi connectivity index (χ4n) is 8.73. The van der Waals surface area contributed by atoms with Gasteiger partial charge in [0.25, 0.3) is 11.8 Å². The molecule has 4 amide bonds. The number of hydrogen-bond donors (Lipinski definition) is 4. The van der Waals surface area contributed by atoms with Crippen molar-refractivity contribution in [1.82, 2.24) is 20.4 Å². The molecular weight excluding hydrogens is 864 g/mol. The lowest BCUT2D eigenvalue weighted by Crippen LogP contribution is -2.43. The van der Waals surface area contributed by atoms with Gasteiger partial charge >= 0.3 is 12.2 Å². The van der Waals surface area contributed by atoms with Gasteiger partial charge < -0.3 is 29.9 Å². The van der Waals surface area contributed by atoms with Crippen LogP contribution in [0.4, 0.5) is 21.0 Å². The van der Waals surface area contributed by atoms with Crippen LogP contribution in [0.25, 0.3) is 0 Å². The summed E-state index contributed by atoms with van der Waals surface area (Å²) in [5.74, 6) is 0.930. The van der Waals surface area contributed by atoms with Crippen LogP contribution in [-0.4, -0.2) is 85.7 Å². The van der Waals surface area contributed by atoms with Crippen LogP contribution in [-0.2, 0) is 19.1 Å². The van der Waals surface area contributed by atoms with Crippen molar-refractivity contribution in [2.45, 2.75) is 83.5 Å². The van der Waals surface area contributed by atoms with Crippen LogP contribution in [0.2, 0.25) is 10.0 Å². The third-order valence-corrected chi connectivity index (χ3v) is 12.8. The molecule has 0 bridgehead atoms. The first-order valence-electron chi connectivity index (χ1n) is 23.1. The molecule has 2 saturated heterocycles. The molecule has 2 aliphatic heterocycles. The van der Waals surface area contributed by atoms with Gasteiger partial charge in [0, 0.05) is 58.2 Å². The van der Waals surface area contributed by atoms with Gasteiger partial charge in [-0.25, -0.2) is 9.59 Å². The zero-order valence-electron chi connectivity index (χ0n) is 37.6. The highest BCUT2D eigenvalue weighted by Crippen LogP contribution is 2.28. The summed E-state index contributed by atoms with van der Waals surface area (Å²) in [6, 6.07) is 32.3. The predicted molar refractivity (Wildman–Crippen MR) is 258 cm³/mol. The lowest BCUT2D eigenvalue weighted by Gasteiger charge is -2.36. The topological polar surface area (TPSA) is 141 Å². The monoisotopic (exact) mass is 926 g/mol. The minimum Gasteiger partial charge on any atom is -0.431 e. The van der Waals surface area contributed by atoms with Crippen molar-refractivity contribution in [1.29, 1.82) is 0 Å². The Balaban J connectivity index is 0.000000216. The number of carbonyl (C=O) groups excluding carboxylic acids is 4. The first-order valence-corrected chi connectivity index (χ1v) is 23.8. The van der Waals surface area contributed by atoms with Gasteiger partial charge in [-0.1, -0.05) is 111 Å². The number of hydrogen-bond acceptors (Lipinski definition) is 8. The van der Waals surface area contributed by atoms with Gasteiger partial charge in [0.1, 0.15) is 0 Å². The molecule has 4 N–H and O–H groups in total. The van der Waals surface area contributed by atoms with Crippen LogP contribution >= 0.6 is 23.2 Å². The van der Waals surface area contributed by atoms with E-state index in [1.165, 1.54) is 25.7 Å². The molecule has 4 aromatic carbocycles. The van der Waals surface area contributed by atoms with E-state index in [0.717, 1.165) is 64.4 Å². The Morgan fingerprint density at radius 1 is 0.569 bits per heavy atom. The van der Waals surface area contributed by atoms with Crippen molar-refractivity contribution in [2.75, 3.05) is 56.4 Å². The third kappa shape index (κ3) is 16.4. The number of anilines is 2. The molecule has 1 saturated carbocycles. The Hall–Kier alpha value is -5.14. The molecule has 2 heterocycles. The summed E-state index contributed by atoms with van der Waals surface area (Å²) in [5.41, 5.74) is 2.35. The fraction of sp³-hybridized carbons (Fsp3) is 0.451. The van der Waals surface area contributed by atoms with Crippen molar-refractivity contribution >= 4 is 58.6 Å². The van der Waals surface area contributed by atoms with Crippen molar-refractivity contribution in [3.63, 3.8) is 0 Å². The molecule has 0 radical (unpaired) electrons. The van der Waals surface area contributed by atoms with Gasteiger partial charge in [-0.3, -0.25) is 20.2 Å². The average Bonchev–Trinajstić information content (AvgIpc) is 3.87. The minimum atomic E-state index is -1.02. The maximum atomic E-state index is 13.0. The molecule has 348 valence electrons. The first kappa shape index (κ1) is 49.3. The smallest absolute Gasteiger partial charge is 0.412 e. The molecule has 14 heteroatoms. The number of nitrogens with zero attached hydrogens (tertiary/aromatic N) is 2. The number of ether oxygens (including phenoxy) is 2. The van der Waals surface area contributed by atoms with Gasteiger partial charge in [0.05, 0.1) is 0 Å². The zero-order chi connectivity index (χ0) is 46.0. The first-order chi connectivity index (χ1) is 31.5. The molecule has 3 fully saturated rings. The third-order valence-electron chi connectivity index (χ3n) is 12.3. The number of amides is 4. The van der Waals surface area contributed by atoms with Crippen LogP contribution in [0.3, 0.4) is 0 Å². The zero-order valence-corrected chi connectivity index (χ0v) is 39.1. The Morgan fingerprint density at radius 2 is 0.969 bits per heavy atom. The van der Waals surface area contributed by atoms with E-state index in [4.69, 9.17) is 32.7 Å². The van der Waals surface area contributed by atoms with E-state index in [9.17, 15) is 19.2 Å². The summed E-state index contributed by atoms with van der Waals surface area (Å²) in [6.07, 6.45) is 6.23. The van der Waals surface area contributed by atoms with Crippen molar-refractivity contribution in [2.24, 2.45) is 17.8 Å². The molecule has 1 aliphatic carbocycles. The number of rotatable bonds is 15. The molecule has 0 unspecified atom stereocenters. The van der Waals surface area contributed by atoms with E-state index in [0.29, 0.717) is 63.4 Å². The highest BCUT2D eigenvalue weighted by molar-refractivity contribution is 6.31. The van der Waals surface area contributed by atoms with Gasteiger partial charge in [0.2, 0.25) is 12.2 Å². The standard InChI is InChI=1S/C26H32ClN3O3.C25H32ClN3O3/c27-21-10-12-22(13-11-21)29-26(32)33-24(20-6-2-1-3-7-20)25(31)28-18-19-14-16-30(17-15-19)23-8-4-5-9-23;1-18(2)17-29-14-12-19(13-15-29)16-27-24(30)23(20-6-4-3-5-7-20)32-25(31)28-22-10-8-21(26)9-11-22/h1-3,6-7,10-13,19,23-24H,4-5,8-9,14-18H2,(H,28,31)(H,29,32);3-11,18-19,23H,12-17H2,1-2H3,(H,27,30)(H,28,31)/t24-;23-/m11/s1. The second kappa shape index (κ2) is 25.5. The molecular formula is C51H64Cl2N6O6. The number of piperidine rings is 2. The molecule has 2 atom stereocenters. The number of likely N-dealkylation sites (tertiary alicyclic amines) is 2. The molecule has 4 aromatic rings. The van der Waals surface area contributed by atoms with E-state index in [1.807, 2.05) is 36.4 Å². The summed E-state index contributed by atoms with van der Waals surface area (Å²) < 4.78 is 11.1. The predicted octanol–water partition coefficient (Wildman–Crippen LogP) is 10.5. The highest BCUT2D eigenvalue weighted by atomic mass is 35.5. The van der Waals surface area contributed by atoms with Crippen LogP contribution < -0.4 is 21.3 Å². The average molecular weight is 928 g/mol. The van der Waals surface area contributed by atoms with E-state index in [1.54, 1.807) is 72.8 Å². The highest BCUT2D eigenvalue weighted by Gasteiger charge is 2.30. The van der Waals surface area contributed by atoms with Gasteiger partial charge in [-0.15, -0.1) is 0 Å². The van der Waals surface area contributed by atoms with Crippen molar-refractivity contribution in [3.05, 3.63) is 130 Å². The lowest BCUT2D eigenvalue weighted by atomic mass is 9.95. The summed E-state index contributed by atoms with van der Waals surface area (Å²) in [7, 11) is 0. The van der Waals surface area contributed by atoms with Crippen LogP contribution in [0.1, 0.15) is 88.5 Å². The van der Waals surface area contributed by atoms with Gasteiger partial charge in [0.15, 0.2) is 0 Å². The maximum absolute atomic E-state index is 13.0. The lowest BCUT2D eigenvalue weighted by molar-refractivity contribution is -0.130. The largest absolute Gasteiger partial charge is 0.431 e. The molecule has 3 aliphatic rings. The quantitative estimate of drug-likeness (QED) is 0.0924. The molecule has 12 nitrogen and oxygen atoms in total. The molecule has 0 spiro atoms. The Kier molecular flexibility index (Phi) is 19.4. The summed E-state index contributed by atoms with van der Waals surface area (Å²) in [6.45, 7) is 11.1. The van der Waals surface area contributed by atoms with E-state index >= 15 is 0 Å². The van der Waals surface area contributed by atoms with E-state index in [-0.39, 0.29) is 11.8 Å². The van der Waals surface area contributed by atoms with E-state index in [2.05, 4.69) is 44.9 Å². The summed E-state index contributed by atoms with van der Waals surface area (Å²) >= 11 is 11.8. The van der Waals surface area contributed by atoms with Crippen LogP contribution in [0, 0.1) is 17.8 Å². The SMILES string of the molecule is CC(C)CN1CCC(CNC(=O)[C@H](OC(=O)Nc2ccc(Cl)cc2)c2ccccc2)CC1.O=C(Nc1ccc(Cl)cc1)O[C@@H](C(=O)NCC1CCN(C2CCCC2)CC1)c1ccccc1. The number of carbonyl (C=O) groups is 4. The number of halogens is 2. The van der Waals surface area contributed by atoms with Gasteiger partial charge in [-0.05, 0) is 131 Å². The Labute approximate surface area is 394 Å². The van der Waals surface area contributed by atoms with Crippen molar-refractivity contribution in [3.8, 4) is 0 Å². The van der Waals surface area contributed by atoms with Crippen LogP contribution in [0.15, 0.2) is 109 Å². The second-order valence-corrected chi connectivity index (χ2v) is 18.6. The Bertz CT molecular complexity index is 2070. The second-order valence-electron chi connectivity index (χ2n) is 17.7. The summed E-state index contributed by atoms with van der Waals surface area (Å²) in [5, 5.41) is 12.5. The maximum Gasteiger partial charge on any atom is 0.412 e. The van der Waals surface area contributed by atoms with Crippen LogP contribution in [0.5, 0.6) is 0 Å². The molecule has 0 aromatic heterocycles. The van der Waals surface area contributed by atoms with Gasteiger partial charge in [-0.2, -0.15) is 0 Å². The molecule has 7 rings (SSSR count). The van der Waals surface area contributed by atoms with E-state index < -0.39 is 24.4 Å². The van der Waals surface area contributed by atoms with Crippen molar-refractivity contribution < 1.29 is 28.7 Å². The minimum absolute atomic E-state index is 0.300.